The molecule has 0 aliphatic carbocycles. The van der Waals surface area contributed by atoms with E-state index < -0.39 is 10.8 Å². The molecule has 1 unspecified atom stereocenters. The second-order valence-corrected chi connectivity index (χ2v) is 6.56. The predicted molar refractivity (Wildman–Crippen MR) is 71.2 cm³/mol. The van der Waals surface area contributed by atoms with Crippen LogP contribution in [0.1, 0.15) is 20.3 Å². The largest absolute Gasteiger partial charge is 0.371 e. The van der Waals surface area contributed by atoms with Crippen molar-refractivity contribution >= 4 is 39.1 Å². The fourth-order valence-electron chi connectivity index (χ4n) is 0.717. The average Bonchev–Trinajstić information content (AvgIpc) is 2.01. The molecule has 0 rings (SSSR count). The maximum absolute atomic E-state index is 10.7. The number of thioether (sulfide) groups is 1. The van der Waals surface area contributed by atoms with Crippen LogP contribution in [0.25, 0.3) is 0 Å². The third kappa shape index (κ3) is 10.2. The molecule has 0 aromatic rings. The first-order chi connectivity index (χ1) is 6.52. The molecule has 0 bridgehead atoms. The molecule has 0 aromatic heterocycles. The van der Waals surface area contributed by atoms with Crippen molar-refractivity contribution in [2.24, 2.45) is 0 Å². The Morgan fingerprint density at radius 1 is 1.64 bits per heavy atom. The number of thiocarbonyl (C=S) groups is 1. The molecular weight excluding hydrogens is 234 g/mol. The van der Waals surface area contributed by atoms with E-state index in [4.69, 9.17) is 12.2 Å². The molecule has 0 aromatic carbocycles. The summed E-state index contributed by atoms with van der Waals surface area (Å²) in [6, 6.07) is 0. The summed E-state index contributed by atoms with van der Waals surface area (Å²) < 4.78 is 11.5. The second kappa shape index (κ2) is 8.44. The molecule has 2 nitrogen and oxygen atoms in total. The summed E-state index contributed by atoms with van der Waals surface area (Å²) >= 11 is 6.75. The zero-order chi connectivity index (χ0) is 11.0. The van der Waals surface area contributed by atoms with Gasteiger partial charge in [-0.3, -0.25) is 4.21 Å². The Bertz CT molecular complexity index is 226. The van der Waals surface area contributed by atoms with Crippen molar-refractivity contribution in [3.8, 4) is 0 Å². The van der Waals surface area contributed by atoms with Crippen LogP contribution in [0.4, 0.5) is 0 Å². The monoisotopic (exact) mass is 251 g/mol. The summed E-state index contributed by atoms with van der Waals surface area (Å²) in [6.07, 6.45) is 4.42. The quantitative estimate of drug-likeness (QED) is 0.599. The molecule has 82 valence electrons. The van der Waals surface area contributed by atoms with E-state index in [1.807, 2.05) is 6.08 Å². The maximum atomic E-state index is 10.7. The van der Waals surface area contributed by atoms with Crippen LogP contribution < -0.4 is 5.32 Å². The lowest BCUT2D eigenvalue weighted by molar-refractivity contribution is 0.691. The summed E-state index contributed by atoms with van der Waals surface area (Å²) in [5.74, 6) is 0. The predicted octanol–water partition coefficient (Wildman–Crippen LogP) is 2.28. The van der Waals surface area contributed by atoms with E-state index in [0.29, 0.717) is 5.25 Å². The molecule has 0 saturated carbocycles. The smallest absolute Gasteiger partial charge is 0.134 e. The van der Waals surface area contributed by atoms with Crippen molar-refractivity contribution < 1.29 is 4.21 Å². The van der Waals surface area contributed by atoms with Gasteiger partial charge in [0.1, 0.15) is 4.32 Å². The number of hydrogen-bond donors (Lipinski definition) is 1. The van der Waals surface area contributed by atoms with Crippen molar-refractivity contribution in [1.29, 1.82) is 0 Å². The first-order valence-corrected chi connectivity index (χ1v) is 7.36. The lowest BCUT2D eigenvalue weighted by Gasteiger charge is -2.07. The zero-order valence-corrected chi connectivity index (χ0v) is 11.2. The molecule has 0 radical (unpaired) electrons. The Labute approximate surface area is 98.4 Å². The molecule has 14 heavy (non-hydrogen) atoms. The van der Waals surface area contributed by atoms with E-state index in [-0.39, 0.29) is 0 Å². The van der Waals surface area contributed by atoms with E-state index in [2.05, 4.69) is 19.2 Å². The first-order valence-electron chi connectivity index (χ1n) is 4.45. The topological polar surface area (TPSA) is 29.1 Å². The minimum absolute atomic E-state index is 0.522. The van der Waals surface area contributed by atoms with Crippen LogP contribution in [-0.4, -0.2) is 26.6 Å². The van der Waals surface area contributed by atoms with Gasteiger partial charge < -0.3 is 5.32 Å². The van der Waals surface area contributed by atoms with Crippen LogP contribution >= 0.6 is 24.0 Å². The van der Waals surface area contributed by atoms with Gasteiger partial charge in [0.15, 0.2) is 0 Å². The molecule has 0 amide bonds. The van der Waals surface area contributed by atoms with Gasteiger partial charge in [-0.05, 0) is 11.8 Å². The van der Waals surface area contributed by atoms with E-state index in [1.165, 1.54) is 0 Å². The van der Waals surface area contributed by atoms with Crippen LogP contribution in [0.3, 0.4) is 0 Å². The fraction of sp³-hybridized carbons (Fsp3) is 0.667. The summed E-state index contributed by atoms with van der Waals surface area (Å²) in [5, 5.41) is 5.35. The number of nitrogens with one attached hydrogen (secondary N) is 1. The molecule has 0 saturated heterocycles. The minimum Gasteiger partial charge on any atom is -0.371 e. The standard InChI is InChI=1S/C9H17NOS3/c1-8(2)13-9(12)10-6-4-5-7-14(3)11/h5,7-8H,4,6H2,1-3H3,(H,10,12)/b7-5+. The SMILES string of the molecule is CC(C)SC(=S)NCC/C=C/S(C)=O. The van der Waals surface area contributed by atoms with E-state index in [1.54, 1.807) is 23.4 Å². The second-order valence-electron chi connectivity index (χ2n) is 3.04. The number of rotatable bonds is 5. The Hall–Kier alpha value is 0.130. The third-order valence-electron chi connectivity index (χ3n) is 1.21. The van der Waals surface area contributed by atoms with Crippen LogP contribution in [0.15, 0.2) is 11.5 Å². The van der Waals surface area contributed by atoms with Gasteiger partial charge in [0.05, 0.1) is 0 Å². The van der Waals surface area contributed by atoms with Crippen LogP contribution in [0.5, 0.6) is 0 Å². The molecule has 0 aliphatic heterocycles. The van der Waals surface area contributed by atoms with Crippen LogP contribution in [0.2, 0.25) is 0 Å². The van der Waals surface area contributed by atoms with Gasteiger partial charge in [0.2, 0.25) is 0 Å². The van der Waals surface area contributed by atoms with E-state index >= 15 is 0 Å². The molecule has 1 atom stereocenters. The Morgan fingerprint density at radius 2 is 2.29 bits per heavy atom. The highest BCUT2D eigenvalue weighted by atomic mass is 32.2. The molecule has 0 aliphatic rings. The molecule has 0 spiro atoms. The molecule has 1 N–H and O–H groups in total. The summed E-state index contributed by atoms with van der Waals surface area (Å²) in [4.78, 5) is 0. The lowest BCUT2D eigenvalue weighted by atomic mass is 10.4. The van der Waals surface area contributed by atoms with Gasteiger partial charge in [-0.15, -0.1) is 0 Å². The highest BCUT2D eigenvalue weighted by Gasteiger charge is 1.98. The highest BCUT2D eigenvalue weighted by Crippen LogP contribution is 2.09. The number of hydrogen-bond acceptors (Lipinski definition) is 3. The average molecular weight is 251 g/mol. The summed E-state index contributed by atoms with van der Waals surface area (Å²) in [7, 11) is -0.835. The van der Waals surface area contributed by atoms with Crippen molar-refractivity contribution in [3.63, 3.8) is 0 Å². The first kappa shape index (κ1) is 14.1. The normalized spacial score (nSPS) is 13.4. The van der Waals surface area contributed by atoms with Gasteiger partial charge in [0, 0.05) is 28.9 Å². The van der Waals surface area contributed by atoms with Gasteiger partial charge in [-0.2, -0.15) is 0 Å². The van der Waals surface area contributed by atoms with Crippen molar-refractivity contribution in [2.75, 3.05) is 12.8 Å². The Balaban J connectivity index is 3.45. The van der Waals surface area contributed by atoms with Gasteiger partial charge in [-0.1, -0.05) is 43.9 Å². The van der Waals surface area contributed by atoms with Crippen LogP contribution in [0, 0.1) is 0 Å². The lowest BCUT2D eigenvalue weighted by Crippen LogP contribution is -2.20. The van der Waals surface area contributed by atoms with E-state index in [0.717, 1.165) is 17.3 Å². The maximum Gasteiger partial charge on any atom is 0.134 e. The van der Waals surface area contributed by atoms with Gasteiger partial charge in [0.25, 0.3) is 0 Å². The van der Waals surface area contributed by atoms with Gasteiger partial charge in [-0.25, -0.2) is 0 Å². The van der Waals surface area contributed by atoms with Crippen LogP contribution in [-0.2, 0) is 10.8 Å². The van der Waals surface area contributed by atoms with Gasteiger partial charge >= 0.3 is 0 Å². The molecule has 0 fully saturated rings. The van der Waals surface area contributed by atoms with Crippen molar-refractivity contribution in [2.45, 2.75) is 25.5 Å². The fourth-order valence-corrected chi connectivity index (χ4v) is 2.42. The molecule has 0 heterocycles. The highest BCUT2D eigenvalue weighted by molar-refractivity contribution is 8.23. The minimum atomic E-state index is -0.835. The third-order valence-corrected chi connectivity index (χ3v) is 3.05. The Kier molecular flexibility index (Phi) is 8.52. The van der Waals surface area contributed by atoms with E-state index in [9.17, 15) is 4.21 Å². The molecular formula is C9H17NOS3. The zero-order valence-electron chi connectivity index (χ0n) is 8.78. The van der Waals surface area contributed by atoms with Crippen molar-refractivity contribution in [1.82, 2.24) is 5.32 Å². The van der Waals surface area contributed by atoms with Crippen molar-refractivity contribution in [3.05, 3.63) is 11.5 Å². The summed E-state index contributed by atoms with van der Waals surface area (Å²) in [5.41, 5.74) is 0. The Morgan fingerprint density at radius 3 is 2.79 bits per heavy atom. The summed E-state index contributed by atoms with van der Waals surface area (Å²) in [6.45, 7) is 5.03. The molecule has 5 heteroatoms.